The van der Waals surface area contributed by atoms with Crippen molar-refractivity contribution < 1.29 is 19.1 Å². The standard InChI is InChI=1S/C30H27N3O4S2/c1-17(38)16-37-21-12-10-18(11-13-21)27-26-23(22-8-3-4-9-24(22)31-26)15-25-28(34)32(30(39)33(25)27)20-7-5-6-19(14-20)29(35)36-2/h3-14,17,25,27,31,38H,15-16H2,1-2H3/t17-,25?,27?/m1/s1. The van der Waals surface area contributed by atoms with Crippen LogP contribution in [0.1, 0.15) is 40.1 Å². The second kappa shape index (κ2) is 10.1. The quantitative estimate of drug-likeness (QED) is 0.190. The number of H-pyrrole nitrogens is 1. The molecule has 1 amide bonds. The SMILES string of the molecule is COC(=O)c1cccc(N2C(=O)C3Cc4c([nH]c5ccccc45)C(c4ccc(OC[C@@H](C)S)cc4)N3C2=S)c1. The lowest BCUT2D eigenvalue weighted by molar-refractivity contribution is -0.120. The first-order valence-electron chi connectivity index (χ1n) is 12.7. The summed E-state index contributed by atoms with van der Waals surface area (Å²) < 4.78 is 10.7. The number of thiol groups is 1. The van der Waals surface area contributed by atoms with Crippen LogP contribution in [0.4, 0.5) is 5.69 Å². The molecule has 39 heavy (non-hydrogen) atoms. The number of methoxy groups -OCH3 is 1. The summed E-state index contributed by atoms with van der Waals surface area (Å²) in [5.74, 6) is 0.164. The Labute approximate surface area is 237 Å². The highest BCUT2D eigenvalue weighted by Gasteiger charge is 2.51. The number of hydrogen-bond donors (Lipinski definition) is 2. The molecular formula is C30H27N3O4S2. The third-order valence-corrected chi connectivity index (χ3v) is 7.80. The number of esters is 1. The summed E-state index contributed by atoms with van der Waals surface area (Å²) in [6.45, 7) is 2.49. The Kier molecular flexibility index (Phi) is 6.56. The van der Waals surface area contributed by atoms with E-state index in [9.17, 15) is 9.59 Å². The number of para-hydroxylation sites is 1. The number of hydrogen-bond acceptors (Lipinski definition) is 6. The zero-order chi connectivity index (χ0) is 27.3. The van der Waals surface area contributed by atoms with Gasteiger partial charge in [-0.3, -0.25) is 9.69 Å². The average molecular weight is 558 g/mol. The van der Waals surface area contributed by atoms with Gasteiger partial charge >= 0.3 is 5.97 Å². The first-order valence-corrected chi connectivity index (χ1v) is 13.6. The summed E-state index contributed by atoms with van der Waals surface area (Å²) in [5, 5.41) is 1.62. The smallest absolute Gasteiger partial charge is 0.337 e. The molecule has 3 aromatic carbocycles. The van der Waals surface area contributed by atoms with Gasteiger partial charge in [-0.05, 0) is 59.7 Å². The first kappa shape index (κ1) is 25.5. The monoisotopic (exact) mass is 557 g/mol. The van der Waals surface area contributed by atoms with E-state index in [-0.39, 0.29) is 17.2 Å². The van der Waals surface area contributed by atoms with Crippen LogP contribution in [-0.4, -0.2) is 51.9 Å². The number of carbonyl (C=O) groups excluding carboxylic acids is 2. The normalized spacial score (nSPS) is 19.2. The van der Waals surface area contributed by atoms with Gasteiger partial charge in [-0.1, -0.05) is 43.3 Å². The van der Waals surface area contributed by atoms with E-state index in [0.29, 0.717) is 29.4 Å². The topological polar surface area (TPSA) is 74.9 Å². The van der Waals surface area contributed by atoms with Gasteiger partial charge in [0.1, 0.15) is 11.8 Å². The Morgan fingerprint density at radius 2 is 1.90 bits per heavy atom. The average Bonchev–Trinajstić information content (AvgIpc) is 3.45. The van der Waals surface area contributed by atoms with Gasteiger partial charge in [0.25, 0.3) is 5.91 Å². The van der Waals surface area contributed by atoms with Crippen molar-refractivity contribution in [1.82, 2.24) is 9.88 Å². The number of anilines is 1. The maximum atomic E-state index is 14.0. The molecule has 0 saturated carbocycles. The molecule has 1 aromatic heterocycles. The highest BCUT2D eigenvalue weighted by molar-refractivity contribution is 7.81. The number of nitrogens with zero attached hydrogens (tertiary/aromatic N) is 2. The van der Waals surface area contributed by atoms with E-state index in [1.807, 2.05) is 48.2 Å². The van der Waals surface area contributed by atoms with E-state index in [1.165, 1.54) is 7.11 Å². The van der Waals surface area contributed by atoms with E-state index in [1.54, 1.807) is 29.2 Å². The molecule has 0 radical (unpaired) electrons. The number of thiocarbonyl (C=S) groups is 1. The van der Waals surface area contributed by atoms with Crippen LogP contribution in [0.15, 0.2) is 72.8 Å². The van der Waals surface area contributed by atoms with Gasteiger partial charge in [0.2, 0.25) is 0 Å². The van der Waals surface area contributed by atoms with Gasteiger partial charge in [-0.2, -0.15) is 12.6 Å². The highest BCUT2D eigenvalue weighted by atomic mass is 32.1. The zero-order valence-corrected chi connectivity index (χ0v) is 23.2. The number of aromatic nitrogens is 1. The Bertz CT molecular complexity index is 1600. The molecule has 3 heterocycles. The van der Waals surface area contributed by atoms with Crippen molar-refractivity contribution in [2.45, 2.75) is 30.7 Å². The molecule has 9 heteroatoms. The van der Waals surface area contributed by atoms with Crippen molar-refractivity contribution in [3.05, 3.63) is 95.2 Å². The second-order valence-electron chi connectivity index (χ2n) is 9.82. The highest BCUT2D eigenvalue weighted by Crippen LogP contribution is 2.45. The molecule has 4 aromatic rings. The third-order valence-electron chi connectivity index (χ3n) is 7.26. The maximum Gasteiger partial charge on any atom is 0.337 e. The summed E-state index contributed by atoms with van der Waals surface area (Å²) in [4.78, 5) is 33.4. The van der Waals surface area contributed by atoms with Gasteiger partial charge in [0.05, 0.1) is 31.0 Å². The van der Waals surface area contributed by atoms with Crippen LogP contribution in [0, 0.1) is 0 Å². The predicted molar refractivity (Wildman–Crippen MR) is 158 cm³/mol. The fraction of sp³-hybridized carbons (Fsp3) is 0.233. The van der Waals surface area contributed by atoms with Crippen molar-refractivity contribution >= 4 is 58.4 Å². The molecule has 2 aliphatic rings. The van der Waals surface area contributed by atoms with Gasteiger partial charge in [0.15, 0.2) is 5.11 Å². The van der Waals surface area contributed by atoms with Crippen LogP contribution in [0.3, 0.4) is 0 Å². The molecule has 1 fully saturated rings. The van der Waals surface area contributed by atoms with E-state index in [2.05, 4.69) is 29.7 Å². The molecule has 2 aliphatic heterocycles. The number of benzene rings is 3. The first-order chi connectivity index (χ1) is 18.9. The van der Waals surface area contributed by atoms with Gasteiger partial charge in [0, 0.05) is 28.3 Å². The molecular weight excluding hydrogens is 530 g/mol. The molecule has 7 nitrogen and oxygen atoms in total. The Hall–Kier alpha value is -3.82. The van der Waals surface area contributed by atoms with Crippen molar-refractivity contribution in [3.8, 4) is 5.75 Å². The van der Waals surface area contributed by atoms with E-state index >= 15 is 0 Å². The fourth-order valence-corrected chi connectivity index (χ4v) is 6.01. The minimum atomic E-state index is -0.489. The van der Waals surface area contributed by atoms with E-state index in [0.717, 1.165) is 33.5 Å². The van der Waals surface area contributed by atoms with Crippen LogP contribution < -0.4 is 9.64 Å². The second-order valence-corrected chi connectivity index (χ2v) is 11.1. The number of aromatic amines is 1. The molecule has 0 aliphatic carbocycles. The predicted octanol–water partition coefficient (Wildman–Crippen LogP) is 5.30. The van der Waals surface area contributed by atoms with Crippen LogP contribution in [0.2, 0.25) is 0 Å². The van der Waals surface area contributed by atoms with Gasteiger partial charge in [-0.25, -0.2) is 4.79 Å². The molecule has 2 unspecified atom stereocenters. The van der Waals surface area contributed by atoms with Crippen molar-refractivity contribution in [2.75, 3.05) is 18.6 Å². The van der Waals surface area contributed by atoms with Crippen LogP contribution >= 0.6 is 24.8 Å². The molecule has 0 bridgehead atoms. The summed E-state index contributed by atoms with van der Waals surface area (Å²) in [6.07, 6.45) is 0.517. The number of nitrogens with one attached hydrogen (secondary N) is 1. The lowest BCUT2D eigenvalue weighted by Crippen LogP contribution is -2.44. The van der Waals surface area contributed by atoms with Crippen molar-refractivity contribution in [2.24, 2.45) is 0 Å². The van der Waals surface area contributed by atoms with Crippen LogP contribution in [0.5, 0.6) is 5.75 Å². The lowest BCUT2D eigenvalue weighted by Gasteiger charge is -2.37. The summed E-state index contributed by atoms with van der Waals surface area (Å²) in [6, 6.07) is 22.1. The number of amides is 1. The summed E-state index contributed by atoms with van der Waals surface area (Å²) >= 11 is 10.4. The van der Waals surface area contributed by atoms with Crippen LogP contribution in [-0.2, 0) is 16.0 Å². The molecule has 1 saturated heterocycles. The van der Waals surface area contributed by atoms with Gasteiger partial charge < -0.3 is 19.4 Å². The van der Waals surface area contributed by atoms with Crippen molar-refractivity contribution in [3.63, 3.8) is 0 Å². The maximum absolute atomic E-state index is 14.0. The molecule has 0 spiro atoms. The summed E-state index contributed by atoms with van der Waals surface area (Å²) in [7, 11) is 1.33. The lowest BCUT2D eigenvalue weighted by atomic mass is 9.89. The van der Waals surface area contributed by atoms with E-state index in [4.69, 9.17) is 21.7 Å². The third kappa shape index (κ3) is 4.35. The number of fused-ring (bicyclic) bond motifs is 4. The minimum absolute atomic E-state index is 0.120. The number of carbonyl (C=O) groups is 2. The molecule has 6 rings (SSSR count). The molecule has 198 valence electrons. The fourth-order valence-electron chi connectivity index (χ4n) is 5.51. The number of ether oxygens (including phenoxy) is 2. The minimum Gasteiger partial charge on any atom is -0.492 e. The van der Waals surface area contributed by atoms with E-state index < -0.39 is 12.0 Å². The molecule has 3 atom stereocenters. The Balaban J connectivity index is 1.44. The van der Waals surface area contributed by atoms with Crippen molar-refractivity contribution in [1.29, 1.82) is 0 Å². The van der Waals surface area contributed by atoms with Crippen LogP contribution in [0.25, 0.3) is 10.9 Å². The number of rotatable bonds is 6. The Morgan fingerprint density at radius 1 is 1.13 bits per heavy atom. The summed E-state index contributed by atoms with van der Waals surface area (Å²) in [5.41, 5.74) is 5.04. The molecule has 1 N–H and O–H groups in total. The van der Waals surface area contributed by atoms with Gasteiger partial charge in [-0.15, -0.1) is 0 Å². The largest absolute Gasteiger partial charge is 0.492 e. The Morgan fingerprint density at radius 3 is 2.64 bits per heavy atom. The zero-order valence-electron chi connectivity index (χ0n) is 21.5.